The zero-order chi connectivity index (χ0) is 18.7. The molecule has 7 nitrogen and oxygen atoms in total. The lowest BCUT2D eigenvalue weighted by atomic mass is 9.84. The second kappa shape index (κ2) is 7.86. The molecule has 8 heteroatoms. The van der Waals surface area contributed by atoms with E-state index >= 15 is 0 Å². The van der Waals surface area contributed by atoms with E-state index < -0.39 is 17.2 Å². The SMILES string of the molecule is CC(NC(=O)c1nc(-c2ccc(Cl)cn2)[nH]c(=O)c1O)C1CCCCC1. The number of aromatic amines is 1. The standard InChI is InChI=1S/C18H21ClN4O3/c1-10(11-5-3-2-4-6-11)21-17(25)14-15(24)18(26)23-16(22-14)13-8-7-12(19)9-20-13/h7-11,24H,2-6H2,1H3,(H,21,25)(H,22,23,26). The highest BCUT2D eigenvalue weighted by atomic mass is 35.5. The van der Waals surface area contributed by atoms with Gasteiger partial charge in [-0.15, -0.1) is 0 Å². The predicted octanol–water partition coefficient (Wildman–Crippen LogP) is 2.89. The lowest BCUT2D eigenvalue weighted by Gasteiger charge is -2.28. The third kappa shape index (κ3) is 4.04. The van der Waals surface area contributed by atoms with Crippen molar-refractivity contribution in [1.29, 1.82) is 0 Å². The number of carbonyl (C=O) groups excluding carboxylic acids is 1. The molecule has 1 amide bonds. The van der Waals surface area contributed by atoms with Gasteiger partial charge < -0.3 is 15.4 Å². The molecule has 138 valence electrons. The van der Waals surface area contributed by atoms with Crippen LogP contribution in [0.4, 0.5) is 0 Å². The van der Waals surface area contributed by atoms with E-state index in [4.69, 9.17) is 11.6 Å². The number of nitrogens with zero attached hydrogens (tertiary/aromatic N) is 2. The van der Waals surface area contributed by atoms with Crippen molar-refractivity contribution in [2.45, 2.75) is 45.1 Å². The summed E-state index contributed by atoms with van der Waals surface area (Å²) in [5.41, 5.74) is -0.744. The van der Waals surface area contributed by atoms with Gasteiger partial charge in [0.1, 0.15) is 5.69 Å². The summed E-state index contributed by atoms with van der Waals surface area (Å²) < 4.78 is 0. The molecule has 26 heavy (non-hydrogen) atoms. The van der Waals surface area contributed by atoms with Gasteiger partial charge in [0.15, 0.2) is 11.5 Å². The number of amides is 1. The third-order valence-corrected chi connectivity index (χ3v) is 5.02. The van der Waals surface area contributed by atoms with Crippen LogP contribution in [0, 0.1) is 5.92 Å². The summed E-state index contributed by atoms with van der Waals surface area (Å²) in [5.74, 6) is -0.771. The van der Waals surface area contributed by atoms with Gasteiger partial charge in [0.2, 0.25) is 5.75 Å². The molecular weight excluding hydrogens is 356 g/mol. The smallest absolute Gasteiger partial charge is 0.294 e. The number of aromatic nitrogens is 3. The van der Waals surface area contributed by atoms with Crippen molar-refractivity contribution in [2.75, 3.05) is 0 Å². The molecule has 0 aliphatic heterocycles. The Balaban J connectivity index is 1.85. The Bertz CT molecular complexity index is 845. The van der Waals surface area contributed by atoms with E-state index in [9.17, 15) is 14.7 Å². The number of aromatic hydroxyl groups is 1. The van der Waals surface area contributed by atoms with Crippen LogP contribution in [0.1, 0.15) is 49.5 Å². The van der Waals surface area contributed by atoms with Crippen molar-refractivity contribution in [3.63, 3.8) is 0 Å². The summed E-state index contributed by atoms with van der Waals surface area (Å²) >= 11 is 5.81. The first-order chi connectivity index (χ1) is 12.5. The maximum absolute atomic E-state index is 12.6. The van der Waals surface area contributed by atoms with Gasteiger partial charge in [-0.05, 0) is 37.8 Å². The van der Waals surface area contributed by atoms with E-state index in [2.05, 4.69) is 20.3 Å². The van der Waals surface area contributed by atoms with Crippen LogP contribution in [0.15, 0.2) is 23.1 Å². The molecule has 3 rings (SSSR count). The molecule has 2 heterocycles. The zero-order valence-electron chi connectivity index (χ0n) is 14.5. The number of hydrogen-bond acceptors (Lipinski definition) is 5. The van der Waals surface area contributed by atoms with Crippen molar-refractivity contribution in [3.8, 4) is 17.3 Å². The molecule has 3 N–H and O–H groups in total. The van der Waals surface area contributed by atoms with Crippen LogP contribution < -0.4 is 10.9 Å². The number of halogens is 1. The molecule has 1 atom stereocenters. The molecule has 0 bridgehead atoms. The molecule has 1 fully saturated rings. The Kier molecular flexibility index (Phi) is 5.56. The molecule has 2 aromatic heterocycles. The Labute approximate surface area is 155 Å². The minimum absolute atomic E-state index is 0.0552. The fourth-order valence-corrected chi connectivity index (χ4v) is 3.40. The average Bonchev–Trinajstić information content (AvgIpc) is 2.65. The number of pyridine rings is 1. The van der Waals surface area contributed by atoms with Crippen LogP contribution in [0.3, 0.4) is 0 Å². The minimum atomic E-state index is -0.790. The van der Waals surface area contributed by atoms with Gasteiger partial charge in [0.25, 0.3) is 11.5 Å². The first-order valence-corrected chi connectivity index (χ1v) is 9.09. The summed E-state index contributed by atoms with van der Waals surface area (Å²) in [5, 5.41) is 13.3. The normalized spacial score (nSPS) is 16.2. The third-order valence-electron chi connectivity index (χ3n) is 4.80. The maximum atomic E-state index is 12.6. The topological polar surface area (TPSA) is 108 Å². The maximum Gasteiger partial charge on any atom is 0.294 e. The van der Waals surface area contributed by atoms with Crippen LogP contribution in [-0.4, -0.2) is 32.0 Å². The van der Waals surface area contributed by atoms with Gasteiger partial charge in [-0.1, -0.05) is 30.9 Å². The highest BCUT2D eigenvalue weighted by Crippen LogP contribution is 2.26. The zero-order valence-corrected chi connectivity index (χ0v) is 15.2. The monoisotopic (exact) mass is 376 g/mol. The molecule has 1 aliphatic rings. The van der Waals surface area contributed by atoms with E-state index in [0.29, 0.717) is 16.6 Å². The van der Waals surface area contributed by atoms with E-state index in [1.165, 1.54) is 12.6 Å². The van der Waals surface area contributed by atoms with Crippen molar-refractivity contribution < 1.29 is 9.90 Å². The second-order valence-corrected chi connectivity index (χ2v) is 7.07. The Morgan fingerprint density at radius 2 is 2.08 bits per heavy atom. The predicted molar refractivity (Wildman–Crippen MR) is 98.3 cm³/mol. The van der Waals surface area contributed by atoms with Crippen molar-refractivity contribution in [3.05, 3.63) is 39.4 Å². The van der Waals surface area contributed by atoms with Crippen LogP contribution in [0.5, 0.6) is 5.75 Å². The number of H-pyrrole nitrogens is 1. The highest BCUT2D eigenvalue weighted by Gasteiger charge is 2.25. The minimum Gasteiger partial charge on any atom is -0.501 e. The highest BCUT2D eigenvalue weighted by molar-refractivity contribution is 6.30. The van der Waals surface area contributed by atoms with Crippen LogP contribution in [0.2, 0.25) is 5.02 Å². The summed E-state index contributed by atoms with van der Waals surface area (Å²) in [6, 6.07) is 3.12. The molecule has 0 spiro atoms. The number of hydrogen-bond donors (Lipinski definition) is 3. The van der Waals surface area contributed by atoms with E-state index in [0.717, 1.165) is 25.7 Å². The second-order valence-electron chi connectivity index (χ2n) is 6.63. The molecule has 0 saturated heterocycles. The largest absolute Gasteiger partial charge is 0.501 e. The Morgan fingerprint density at radius 1 is 1.35 bits per heavy atom. The van der Waals surface area contributed by atoms with Crippen LogP contribution in [-0.2, 0) is 0 Å². The van der Waals surface area contributed by atoms with Gasteiger partial charge in [-0.3, -0.25) is 14.6 Å². The van der Waals surface area contributed by atoms with Crippen molar-refractivity contribution in [1.82, 2.24) is 20.3 Å². The molecular formula is C18H21ClN4O3. The quantitative estimate of drug-likeness (QED) is 0.760. The molecule has 1 unspecified atom stereocenters. The average molecular weight is 377 g/mol. The van der Waals surface area contributed by atoms with E-state index in [1.807, 2.05) is 6.92 Å². The fraction of sp³-hybridized carbons (Fsp3) is 0.444. The number of carbonyl (C=O) groups is 1. The molecule has 0 radical (unpaired) electrons. The lowest BCUT2D eigenvalue weighted by molar-refractivity contribution is 0.0911. The molecule has 1 saturated carbocycles. The summed E-state index contributed by atoms with van der Waals surface area (Å²) in [6.45, 7) is 1.94. The molecule has 0 aromatic carbocycles. The van der Waals surface area contributed by atoms with Crippen molar-refractivity contribution >= 4 is 17.5 Å². The van der Waals surface area contributed by atoms with Gasteiger partial charge in [0, 0.05) is 12.2 Å². The van der Waals surface area contributed by atoms with Crippen LogP contribution in [0.25, 0.3) is 11.5 Å². The lowest BCUT2D eigenvalue weighted by Crippen LogP contribution is -2.39. The summed E-state index contributed by atoms with van der Waals surface area (Å²) in [4.78, 5) is 35.2. The Morgan fingerprint density at radius 3 is 2.73 bits per heavy atom. The van der Waals surface area contributed by atoms with Crippen LogP contribution >= 0.6 is 11.6 Å². The van der Waals surface area contributed by atoms with E-state index in [1.54, 1.807) is 12.1 Å². The first-order valence-electron chi connectivity index (χ1n) is 8.72. The van der Waals surface area contributed by atoms with Gasteiger partial charge in [-0.2, -0.15) is 0 Å². The summed E-state index contributed by atoms with van der Waals surface area (Å²) in [6.07, 6.45) is 7.09. The summed E-state index contributed by atoms with van der Waals surface area (Å²) in [7, 11) is 0. The Hall–Kier alpha value is -2.41. The van der Waals surface area contributed by atoms with Gasteiger partial charge in [-0.25, -0.2) is 4.98 Å². The molecule has 2 aromatic rings. The number of nitrogens with one attached hydrogen (secondary N) is 2. The van der Waals surface area contributed by atoms with Crippen molar-refractivity contribution in [2.24, 2.45) is 5.92 Å². The van der Waals surface area contributed by atoms with Gasteiger partial charge >= 0.3 is 0 Å². The first kappa shape index (κ1) is 18.4. The number of rotatable bonds is 4. The fourth-order valence-electron chi connectivity index (χ4n) is 3.29. The van der Waals surface area contributed by atoms with Gasteiger partial charge in [0.05, 0.1) is 5.02 Å². The molecule has 1 aliphatic carbocycles. The van der Waals surface area contributed by atoms with E-state index in [-0.39, 0.29) is 17.6 Å².